The lowest BCUT2D eigenvalue weighted by Gasteiger charge is -2.26. The van der Waals surface area contributed by atoms with Gasteiger partial charge in [-0.1, -0.05) is 170 Å². The summed E-state index contributed by atoms with van der Waals surface area (Å²) in [6, 6.07) is 93.2. The number of rotatable bonds is 8. The van der Waals surface area contributed by atoms with Crippen LogP contribution in [0.25, 0.3) is 103 Å². The van der Waals surface area contributed by atoms with Gasteiger partial charge < -0.3 is 9.47 Å². The Morgan fingerprint density at radius 1 is 0.284 bits per heavy atom. The summed E-state index contributed by atoms with van der Waals surface area (Å²) in [6.45, 7) is 0. The number of hydrogen-bond acceptors (Lipinski definition) is 2. The molecule has 0 fully saturated rings. The van der Waals surface area contributed by atoms with Crippen molar-refractivity contribution in [3.63, 3.8) is 0 Å². The number of benzene rings is 11. The Labute approximate surface area is 393 Å². The fourth-order valence-electron chi connectivity index (χ4n) is 10.1. The summed E-state index contributed by atoms with van der Waals surface area (Å²) in [5.74, 6) is 0. The Balaban J connectivity index is 0.924. The van der Waals surface area contributed by atoms with Crippen LogP contribution >= 0.6 is 11.3 Å². The highest BCUT2D eigenvalue weighted by Crippen LogP contribution is 2.43. The van der Waals surface area contributed by atoms with Crippen LogP contribution in [0.5, 0.6) is 0 Å². The molecule has 3 heteroatoms. The van der Waals surface area contributed by atoms with E-state index in [1.54, 1.807) is 0 Å². The molecule has 0 saturated carbocycles. The first-order valence-corrected chi connectivity index (χ1v) is 23.7. The molecule has 67 heavy (non-hydrogen) atoms. The number of nitrogens with zero attached hydrogens (tertiary/aromatic N) is 2. The fourth-order valence-corrected chi connectivity index (χ4v) is 11.2. The summed E-state index contributed by atoms with van der Waals surface area (Å²) >= 11 is 1.85. The predicted molar refractivity (Wildman–Crippen MR) is 288 cm³/mol. The van der Waals surface area contributed by atoms with Crippen LogP contribution in [0.15, 0.2) is 255 Å². The van der Waals surface area contributed by atoms with Crippen molar-refractivity contribution in [1.82, 2.24) is 4.57 Å². The van der Waals surface area contributed by atoms with Crippen molar-refractivity contribution in [3.8, 4) is 50.2 Å². The van der Waals surface area contributed by atoms with Crippen LogP contribution in [-0.2, 0) is 0 Å². The van der Waals surface area contributed by atoms with Gasteiger partial charge in [0.2, 0.25) is 0 Å². The van der Waals surface area contributed by atoms with Gasteiger partial charge in [-0.15, -0.1) is 11.3 Å². The Kier molecular flexibility index (Phi) is 9.40. The molecule has 0 amide bonds. The van der Waals surface area contributed by atoms with Crippen LogP contribution in [0, 0.1) is 0 Å². The maximum atomic E-state index is 2.45. The second kappa shape index (κ2) is 16.2. The van der Waals surface area contributed by atoms with E-state index in [1.165, 1.54) is 97.3 Å². The smallest absolute Gasteiger partial charge is 0.0619 e. The van der Waals surface area contributed by atoms with Crippen molar-refractivity contribution < 1.29 is 0 Å². The highest BCUT2D eigenvalue weighted by atomic mass is 32.1. The van der Waals surface area contributed by atoms with Gasteiger partial charge >= 0.3 is 0 Å². The van der Waals surface area contributed by atoms with E-state index < -0.39 is 0 Å². The molecule has 314 valence electrons. The Hall–Kier alpha value is -8.50. The zero-order chi connectivity index (χ0) is 44.3. The minimum Gasteiger partial charge on any atom is -0.310 e. The van der Waals surface area contributed by atoms with Gasteiger partial charge in [0.05, 0.1) is 11.0 Å². The summed E-state index contributed by atoms with van der Waals surface area (Å²) in [5.41, 5.74) is 16.4. The summed E-state index contributed by atoms with van der Waals surface area (Å²) in [7, 11) is 0. The third kappa shape index (κ3) is 6.88. The maximum absolute atomic E-state index is 2.45. The average Bonchev–Trinajstić information content (AvgIpc) is 3.95. The van der Waals surface area contributed by atoms with Crippen LogP contribution in [0.2, 0.25) is 0 Å². The van der Waals surface area contributed by atoms with Crippen molar-refractivity contribution in [3.05, 3.63) is 255 Å². The first-order valence-electron chi connectivity index (χ1n) is 22.9. The molecule has 0 bridgehead atoms. The molecule has 0 aliphatic rings. The summed E-state index contributed by atoms with van der Waals surface area (Å²) < 4.78 is 5.04. The van der Waals surface area contributed by atoms with Crippen LogP contribution in [0.3, 0.4) is 0 Å². The Morgan fingerprint density at radius 3 is 1.43 bits per heavy atom. The highest BCUT2D eigenvalue weighted by molar-refractivity contribution is 7.25. The van der Waals surface area contributed by atoms with Gasteiger partial charge in [0.25, 0.3) is 0 Å². The summed E-state index contributed by atoms with van der Waals surface area (Å²) in [6.07, 6.45) is 0. The molecule has 0 unspecified atom stereocenters. The van der Waals surface area contributed by atoms with Crippen molar-refractivity contribution >= 4 is 81.1 Å². The molecule has 11 aromatic carbocycles. The second-order valence-corrected chi connectivity index (χ2v) is 18.4. The zero-order valence-electron chi connectivity index (χ0n) is 36.6. The molecule has 13 rings (SSSR count). The topological polar surface area (TPSA) is 8.17 Å². The maximum Gasteiger partial charge on any atom is 0.0619 e. The molecule has 0 atom stereocenters. The van der Waals surface area contributed by atoms with Crippen LogP contribution in [-0.4, -0.2) is 4.57 Å². The number of aromatic nitrogens is 1. The molecule has 0 N–H and O–H groups in total. The van der Waals surface area contributed by atoms with Crippen LogP contribution in [0.4, 0.5) is 17.1 Å². The van der Waals surface area contributed by atoms with Crippen LogP contribution < -0.4 is 4.90 Å². The molecule has 2 heterocycles. The number of thiophene rings is 1. The molecule has 0 aliphatic heterocycles. The van der Waals surface area contributed by atoms with Gasteiger partial charge in [-0.3, -0.25) is 0 Å². The molecular formula is C64H42N2S. The van der Waals surface area contributed by atoms with Crippen LogP contribution in [0.1, 0.15) is 0 Å². The number of fused-ring (bicyclic) bond motifs is 8. The second-order valence-electron chi connectivity index (χ2n) is 17.3. The third-order valence-corrected chi connectivity index (χ3v) is 14.5. The van der Waals surface area contributed by atoms with Crippen molar-refractivity contribution in [2.75, 3.05) is 4.90 Å². The van der Waals surface area contributed by atoms with E-state index in [2.05, 4.69) is 264 Å². The molecule has 2 nitrogen and oxygen atoms in total. The molecule has 2 aromatic heterocycles. The minimum absolute atomic E-state index is 1.10. The molecule has 0 radical (unpaired) electrons. The van der Waals surface area contributed by atoms with E-state index in [-0.39, 0.29) is 0 Å². The van der Waals surface area contributed by atoms with E-state index in [9.17, 15) is 0 Å². The van der Waals surface area contributed by atoms with E-state index in [4.69, 9.17) is 0 Å². The van der Waals surface area contributed by atoms with Gasteiger partial charge in [0.1, 0.15) is 0 Å². The molecule has 13 aromatic rings. The highest BCUT2D eigenvalue weighted by Gasteiger charge is 2.19. The lowest BCUT2D eigenvalue weighted by atomic mass is 9.93. The fraction of sp³-hybridized carbons (Fsp3) is 0. The van der Waals surface area contributed by atoms with Gasteiger partial charge in [-0.25, -0.2) is 0 Å². The normalized spacial score (nSPS) is 11.6. The summed E-state index contributed by atoms with van der Waals surface area (Å²) in [5, 5.41) is 7.57. The van der Waals surface area contributed by atoms with E-state index in [0.717, 1.165) is 22.7 Å². The monoisotopic (exact) mass is 870 g/mol. The third-order valence-electron chi connectivity index (χ3n) is 13.4. The molecule has 0 aliphatic carbocycles. The first-order chi connectivity index (χ1) is 33.2. The Bertz CT molecular complexity index is 3890. The minimum atomic E-state index is 1.10. The number of hydrogen-bond donors (Lipinski definition) is 0. The lowest BCUT2D eigenvalue weighted by molar-refractivity contribution is 1.19. The van der Waals surface area contributed by atoms with Crippen molar-refractivity contribution in [1.29, 1.82) is 0 Å². The molecule has 0 saturated heterocycles. The van der Waals surface area contributed by atoms with Gasteiger partial charge in [0, 0.05) is 59.1 Å². The van der Waals surface area contributed by atoms with Crippen molar-refractivity contribution in [2.45, 2.75) is 0 Å². The average molecular weight is 871 g/mol. The molecular weight excluding hydrogens is 829 g/mol. The zero-order valence-corrected chi connectivity index (χ0v) is 37.4. The van der Waals surface area contributed by atoms with E-state index in [0.29, 0.717) is 0 Å². The van der Waals surface area contributed by atoms with E-state index in [1.807, 2.05) is 11.3 Å². The predicted octanol–water partition coefficient (Wildman–Crippen LogP) is 18.4. The number of para-hydroxylation sites is 1. The lowest BCUT2D eigenvalue weighted by Crippen LogP contribution is -2.09. The molecule has 0 spiro atoms. The SMILES string of the molecule is c1ccc(-c2cc(-c3ccccc3)cc(-c3ccc(N(c4ccc(-c5ccc6c7ccc8ccccc8c7n(-c7ccccc7)c6c5)cc4)c4ccc5sc6ccccc6c5c4)cc3)c2)cc1. The number of anilines is 3. The quantitative estimate of drug-likeness (QED) is 0.148. The van der Waals surface area contributed by atoms with Gasteiger partial charge in [0.15, 0.2) is 0 Å². The van der Waals surface area contributed by atoms with Gasteiger partial charge in [-0.05, 0) is 135 Å². The van der Waals surface area contributed by atoms with Crippen molar-refractivity contribution in [2.24, 2.45) is 0 Å². The Morgan fingerprint density at radius 2 is 0.776 bits per heavy atom. The summed E-state index contributed by atoms with van der Waals surface area (Å²) in [4.78, 5) is 2.40. The van der Waals surface area contributed by atoms with Gasteiger partial charge in [-0.2, -0.15) is 0 Å². The first kappa shape index (κ1) is 38.9. The van der Waals surface area contributed by atoms with E-state index >= 15 is 0 Å². The largest absolute Gasteiger partial charge is 0.310 e. The standard InChI is InChI=1S/C64H42N2S/c1-4-14-43(15-5-1)49-38-50(44-16-6-2-7-17-44)40-51(39-49)46-26-32-54(33-27-46)65(55-34-37-63-60(42-55)58-22-12-13-23-62(58)67-63)53-30-24-45(25-31-53)48-29-35-57-59-36-28-47-18-10-11-21-56(47)64(59)66(61(57)41-48)52-19-8-3-9-20-52/h1-42H.